The third kappa shape index (κ3) is 5.72. The van der Waals surface area contributed by atoms with Gasteiger partial charge in [-0.15, -0.1) is 0 Å². The number of nitrogens with zero attached hydrogens (tertiary/aromatic N) is 8. The Hall–Kier alpha value is -11.6. The van der Waals surface area contributed by atoms with Crippen molar-refractivity contribution in [2.24, 2.45) is 0 Å². The summed E-state index contributed by atoms with van der Waals surface area (Å²) in [4.78, 5) is 10.8. The maximum absolute atomic E-state index is 7.43. The summed E-state index contributed by atoms with van der Waals surface area (Å²) in [5, 5.41) is 4.70. The highest BCUT2D eigenvalue weighted by Crippen LogP contribution is 2.63. The fraction of sp³-hybridized carbons (Fsp3) is 0.0133. The standard InChI is InChI=1S/C75H44N8O2/c1-7-27-57-47(19-1)48-20-2-8-28-58(48)78(57)46-39-41-56-68(44-46)83-65-34-14-13-33-64(65)82(74(83)77-56)67-36-18-25-54-72(67)85-70-38-16-5-23-52(70)75(54)51-22-4-15-37-69(51)84-71-53(75)24-17-35-66(71)80-59-29-9-3-21-49(59)50-43-45(40-42-60(50)80)79-62-31-11-12-32-63(62)81-61-30-10-6-26-55(61)76-73(79)81/h1-44H. The highest BCUT2D eigenvalue weighted by Gasteiger charge is 2.52. The van der Waals surface area contributed by atoms with E-state index in [0.29, 0.717) is 0 Å². The molecule has 18 aromatic rings. The molecule has 85 heavy (non-hydrogen) atoms. The molecule has 10 nitrogen and oxygen atoms in total. The van der Waals surface area contributed by atoms with Gasteiger partial charge in [0.15, 0.2) is 11.5 Å². The summed E-state index contributed by atoms with van der Waals surface area (Å²) in [6, 6.07) is 95.5. The van der Waals surface area contributed by atoms with Crippen LogP contribution in [-0.2, 0) is 5.41 Å². The zero-order valence-corrected chi connectivity index (χ0v) is 45.3. The minimum absolute atomic E-state index is 0.747. The lowest BCUT2D eigenvalue weighted by atomic mass is 9.62. The molecule has 1 atom stereocenters. The minimum Gasteiger partial charge on any atom is -0.454 e. The normalized spacial score (nSPS) is 14.6. The molecule has 1 unspecified atom stereocenters. The largest absolute Gasteiger partial charge is 0.454 e. The van der Waals surface area contributed by atoms with Gasteiger partial charge in [0, 0.05) is 55.2 Å². The van der Waals surface area contributed by atoms with Crippen LogP contribution in [-0.4, -0.2) is 37.0 Å². The van der Waals surface area contributed by atoms with Gasteiger partial charge in [0.05, 0.1) is 83.0 Å². The second kappa shape index (κ2) is 16.3. The minimum atomic E-state index is -0.905. The molecule has 0 bridgehead atoms. The van der Waals surface area contributed by atoms with E-state index in [1.54, 1.807) is 0 Å². The first kappa shape index (κ1) is 45.0. The van der Waals surface area contributed by atoms with Crippen molar-refractivity contribution in [3.8, 4) is 45.7 Å². The predicted octanol–water partition coefficient (Wildman–Crippen LogP) is 18.0. The second-order valence-corrected chi connectivity index (χ2v) is 22.5. The number of rotatable bonds is 4. The van der Waals surface area contributed by atoms with Crippen LogP contribution in [0.25, 0.3) is 122 Å². The zero-order valence-electron chi connectivity index (χ0n) is 45.3. The molecule has 0 N–H and O–H groups in total. The van der Waals surface area contributed by atoms with Crippen molar-refractivity contribution in [2.45, 2.75) is 5.41 Å². The Labute approximate surface area is 483 Å². The summed E-state index contributed by atoms with van der Waals surface area (Å²) < 4.78 is 28.8. The fourth-order valence-electron chi connectivity index (χ4n) is 15.0. The van der Waals surface area contributed by atoms with Crippen LogP contribution in [0.1, 0.15) is 22.3 Å². The zero-order chi connectivity index (χ0) is 55.2. The van der Waals surface area contributed by atoms with Gasteiger partial charge in [0.2, 0.25) is 11.6 Å². The molecule has 0 fully saturated rings. The van der Waals surface area contributed by atoms with Crippen LogP contribution >= 0.6 is 0 Å². The van der Waals surface area contributed by atoms with E-state index < -0.39 is 5.41 Å². The average molecular weight is 1090 g/mol. The van der Waals surface area contributed by atoms with Gasteiger partial charge in [-0.05, 0) is 115 Å². The molecule has 396 valence electrons. The topological polar surface area (TPSA) is 72.8 Å². The molecule has 0 saturated carbocycles. The van der Waals surface area contributed by atoms with E-state index in [1.807, 2.05) is 0 Å². The molecule has 12 aromatic carbocycles. The number of benzene rings is 12. The van der Waals surface area contributed by atoms with Crippen LogP contribution < -0.4 is 9.47 Å². The molecule has 6 aromatic heterocycles. The van der Waals surface area contributed by atoms with Crippen molar-refractivity contribution >= 4 is 99.3 Å². The highest BCUT2D eigenvalue weighted by molar-refractivity contribution is 6.11. The molecule has 0 amide bonds. The Kier molecular flexibility index (Phi) is 8.64. The average Bonchev–Trinajstić information content (AvgIpc) is 1.66. The summed E-state index contributed by atoms with van der Waals surface area (Å²) in [7, 11) is 0. The number of fused-ring (bicyclic) bond motifs is 24. The van der Waals surface area contributed by atoms with E-state index in [0.717, 1.165) is 157 Å². The van der Waals surface area contributed by atoms with Gasteiger partial charge in [-0.1, -0.05) is 152 Å². The molecule has 1 spiro atoms. The van der Waals surface area contributed by atoms with Crippen LogP contribution in [0.5, 0.6) is 23.0 Å². The summed E-state index contributed by atoms with van der Waals surface area (Å²) in [5.74, 6) is 4.73. The lowest BCUT2D eigenvalue weighted by Crippen LogP contribution is -2.37. The quantitative estimate of drug-likeness (QED) is 0.176. The van der Waals surface area contributed by atoms with Crippen LogP contribution in [0.2, 0.25) is 0 Å². The molecule has 0 saturated heterocycles. The summed E-state index contributed by atoms with van der Waals surface area (Å²) in [5.41, 5.74) is 19.7. The third-order valence-electron chi connectivity index (χ3n) is 18.3. The molecule has 0 aliphatic carbocycles. The highest BCUT2D eigenvalue weighted by atomic mass is 16.5. The monoisotopic (exact) mass is 1090 g/mol. The van der Waals surface area contributed by atoms with Gasteiger partial charge >= 0.3 is 0 Å². The predicted molar refractivity (Wildman–Crippen MR) is 340 cm³/mol. The molecule has 20 rings (SSSR count). The molecular formula is C75H44N8O2. The van der Waals surface area contributed by atoms with Crippen molar-refractivity contribution in [3.05, 3.63) is 289 Å². The first-order valence-electron chi connectivity index (χ1n) is 28.8. The molecular weight excluding hydrogens is 1040 g/mol. The molecule has 10 heteroatoms. The second-order valence-electron chi connectivity index (χ2n) is 22.5. The van der Waals surface area contributed by atoms with Gasteiger partial charge in [-0.2, -0.15) is 0 Å². The number of imidazole rings is 4. The van der Waals surface area contributed by atoms with Crippen molar-refractivity contribution in [3.63, 3.8) is 0 Å². The number of aromatic nitrogens is 8. The number of para-hydroxylation sites is 13. The van der Waals surface area contributed by atoms with Gasteiger partial charge in [0.25, 0.3) is 0 Å². The van der Waals surface area contributed by atoms with Gasteiger partial charge in [-0.25, -0.2) is 9.97 Å². The van der Waals surface area contributed by atoms with Gasteiger partial charge in [-0.3, -0.25) is 17.9 Å². The van der Waals surface area contributed by atoms with Gasteiger partial charge in [0.1, 0.15) is 11.5 Å². The Bertz CT molecular complexity index is 5900. The molecule has 2 aliphatic rings. The number of hydrogen-bond donors (Lipinski definition) is 0. The molecule has 0 radical (unpaired) electrons. The summed E-state index contributed by atoms with van der Waals surface area (Å²) in [6.45, 7) is 0. The Morgan fingerprint density at radius 3 is 1.33 bits per heavy atom. The molecule has 8 heterocycles. The maximum Gasteiger partial charge on any atom is 0.220 e. The fourth-order valence-corrected chi connectivity index (χ4v) is 15.0. The first-order chi connectivity index (χ1) is 42.2. The van der Waals surface area contributed by atoms with E-state index in [-0.39, 0.29) is 0 Å². The van der Waals surface area contributed by atoms with Crippen molar-refractivity contribution in [2.75, 3.05) is 0 Å². The summed E-state index contributed by atoms with van der Waals surface area (Å²) in [6.07, 6.45) is 0. The van der Waals surface area contributed by atoms with E-state index in [2.05, 4.69) is 294 Å². The summed E-state index contributed by atoms with van der Waals surface area (Å²) >= 11 is 0. The van der Waals surface area contributed by atoms with Crippen LogP contribution in [0.4, 0.5) is 0 Å². The van der Waals surface area contributed by atoms with Gasteiger partial charge < -0.3 is 18.6 Å². The SMILES string of the molecule is c1ccc2c(c1)Oc1c(-n3c4ccccc4c4cc(-n5c6ccccc6n6c7ccccc7nc56)ccc43)cccc1C21c2ccccc2Oc2c(-n3c4ccccc4n4c5cc(-n6c7ccccc7c7ccccc76)ccc5nc34)cccc21. The van der Waals surface area contributed by atoms with Crippen molar-refractivity contribution < 1.29 is 9.47 Å². The Morgan fingerprint density at radius 1 is 0.271 bits per heavy atom. The van der Waals surface area contributed by atoms with E-state index in [4.69, 9.17) is 19.4 Å². The van der Waals surface area contributed by atoms with E-state index >= 15 is 0 Å². The molecule has 2 aliphatic heterocycles. The van der Waals surface area contributed by atoms with E-state index in [9.17, 15) is 0 Å². The lowest BCUT2D eigenvalue weighted by molar-refractivity contribution is 0.398. The number of ether oxygens (including phenoxy) is 2. The number of hydrogen-bond acceptors (Lipinski definition) is 4. The maximum atomic E-state index is 7.43. The first-order valence-corrected chi connectivity index (χ1v) is 28.8. The van der Waals surface area contributed by atoms with Crippen LogP contribution in [0.3, 0.4) is 0 Å². The Morgan fingerprint density at radius 2 is 0.694 bits per heavy atom. The smallest absolute Gasteiger partial charge is 0.220 e. The lowest BCUT2D eigenvalue weighted by Gasteiger charge is -2.45. The van der Waals surface area contributed by atoms with Crippen molar-refractivity contribution in [1.29, 1.82) is 0 Å². The third-order valence-corrected chi connectivity index (χ3v) is 18.3. The van der Waals surface area contributed by atoms with Crippen LogP contribution in [0, 0.1) is 0 Å². The van der Waals surface area contributed by atoms with Crippen LogP contribution in [0.15, 0.2) is 267 Å². The van der Waals surface area contributed by atoms with Crippen molar-refractivity contribution in [1.82, 2.24) is 37.0 Å². The van der Waals surface area contributed by atoms with E-state index in [1.165, 1.54) is 10.8 Å². The Balaban J connectivity index is 0.816.